The number of unbranched alkanes of at least 4 members (excludes halogenated alkanes) is 3. The van der Waals surface area contributed by atoms with Gasteiger partial charge in [-0.05, 0) is 80.5 Å². The van der Waals surface area contributed by atoms with E-state index in [-0.39, 0.29) is 0 Å². The third-order valence-electron chi connectivity index (χ3n) is 6.86. The van der Waals surface area contributed by atoms with E-state index in [2.05, 4.69) is 56.1 Å². The Kier molecular flexibility index (Phi) is 9.84. The molecule has 0 N–H and O–H groups in total. The van der Waals surface area contributed by atoms with Crippen molar-refractivity contribution < 1.29 is 4.74 Å². The molecule has 1 atom stereocenters. The second-order valence-electron chi connectivity index (χ2n) is 9.51. The zero-order valence-electron chi connectivity index (χ0n) is 20.0. The summed E-state index contributed by atoms with van der Waals surface area (Å²) in [6, 6.07) is 10.9. The van der Waals surface area contributed by atoms with Gasteiger partial charge in [0.2, 0.25) is 0 Å². The fourth-order valence-corrected chi connectivity index (χ4v) is 4.75. The van der Waals surface area contributed by atoms with Crippen LogP contribution in [0.5, 0.6) is 5.75 Å². The second-order valence-corrected chi connectivity index (χ2v) is 9.51. The monoisotopic (exact) mass is 422 g/mol. The first kappa shape index (κ1) is 23.8. The maximum Gasteiger partial charge on any atom is 0.131 e. The molecule has 1 fully saturated rings. The molecule has 1 aromatic heterocycles. The third-order valence-corrected chi connectivity index (χ3v) is 6.86. The SMILES string of the molecule is CCCCCCc1ccc(OCC2CCC(c3nccc(C(C)CCC)n3)CC2)cc1. The van der Waals surface area contributed by atoms with Gasteiger partial charge in [0.1, 0.15) is 11.6 Å². The Morgan fingerprint density at radius 2 is 1.71 bits per heavy atom. The molecule has 170 valence electrons. The van der Waals surface area contributed by atoms with Crippen LogP contribution in [0.25, 0.3) is 0 Å². The zero-order valence-corrected chi connectivity index (χ0v) is 20.0. The summed E-state index contributed by atoms with van der Waals surface area (Å²) in [5.74, 6) is 3.76. The van der Waals surface area contributed by atoms with E-state index in [1.54, 1.807) is 0 Å². The summed E-state index contributed by atoms with van der Waals surface area (Å²) in [7, 11) is 0. The maximum atomic E-state index is 6.13. The van der Waals surface area contributed by atoms with Crippen LogP contribution >= 0.6 is 0 Å². The Morgan fingerprint density at radius 3 is 2.42 bits per heavy atom. The Bertz CT molecular complexity index is 750. The highest BCUT2D eigenvalue weighted by Gasteiger charge is 2.25. The molecule has 3 heteroatoms. The quantitative estimate of drug-likeness (QED) is 0.327. The van der Waals surface area contributed by atoms with E-state index >= 15 is 0 Å². The number of aryl methyl sites for hydroxylation is 1. The average molecular weight is 423 g/mol. The number of aromatic nitrogens is 2. The van der Waals surface area contributed by atoms with Crippen molar-refractivity contribution in [1.29, 1.82) is 0 Å². The van der Waals surface area contributed by atoms with Crippen molar-refractivity contribution in [1.82, 2.24) is 9.97 Å². The molecule has 0 spiro atoms. The normalized spacial score (nSPS) is 19.8. The zero-order chi connectivity index (χ0) is 21.9. The Morgan fingerprint density at radius 1 is 0.935 bits per heavy atom. The van der Waals surface area contributed by atoms with Crippen LogP contribution in [0.15, 0.2) is 36.5 Å². The van der Waals surface area contributed by atoms with Crippen molar-refractivity contribution in [2.75, 3.05) is 6.61 Å². The summed E-state index contributed by atoms with van der Waals surface area (Å²) >= 11 is 0. The number of hydrogen-bond donors (Lipinski definition) is 0. The predicted molar refractivity (Wildman–Crippen MR) is 130 cm³/mol. The highest BCUT2D eigenvalue weighted by molar-refractivity contribution is 5.27. The molecule has 1 aromatic carbocycles. The molecule has 1 aliphatic carbocycles. The van der Waals surface area contributed by atoms with E-state index in [9.17, 15) is 0 Å². The number of ether oxygens (including phenoxy) is 1. The fourth-order valence-electron chi connectivity index (χ4n) is 4.75. The summed E-state index contributed by atoms with van der Waals surface area (Å²) in [5, 5.41) is 0. The number of hydrogen-bond acceptors (Lipinski definition) is 3. The molecule has 3 rings (SSSR count). The highest BCUT2D eigenvalue weighted by Crippen LogP contribution is 2.35. The van der Waals surface area contributed by atoms with Crippen LogP contribution in [0, 0.1) is 5.92 Å². The van der Waals surface area contributed by atoms with Crippen molar-refractivity contribution in [3.8, 4) is 5.75 Å². The minimum Gasteiger partial charge on any atom is -0.493 e. The minimum atomic E-state index is 0.511. The van der Waals surface area contributed by atoms with Gasteiger partial charge in [0, 0.05) is 17.8 Å². The summed E-state index contributed by atoms with van der Waals surface area (Å²) in [5.41, 5.74) is 2.64. The first-order valence-electron chi connectivity index (χ1n) is 12.7. The molecule has 1 unspecified atom stereocenters. The summed E-state index contributed by atoms with van der Waals surface area (Å²) in [4.78, 5) is 9.55. The topological polar surface area (TPSA) is 35.0 Å². The smallest absolute Gasteiger partial charge is 0.131 e. The second kappa shape index (κ2) is 12.8. The van der Waals surface area contributed by atoms with Gasteiger partial charge in [-0.3, -0.25) is 0 Å². The molecule has 0 bridgehead atoms. The fraction of sp³-hybridized carbons (Fsp3) is 0.643. The standard InChI is InChI=1S/C28H42N2O/c1-4-6-7-8-10-23-13-17-26(18-14-23)31-21-24-11-15-25(16-12-24)28-29-20-19-27(30-28)22(3)9-5-2/h13-14,17-20,22,24-25H,4-12,15-16,21H2,1-3H3. The van der Waals surface area contributed by atoms with Crippen LogP contribution < -0.4 is 4.74 Å². The molecular formula is C28H42N2O. The Balaban J connectivity index is 1.41. The lowest BCUT2D eigenvalue weighted by Crippen LogP contribution is -2.20. The molecule has 1 saturated carbocycles. The molecule has 3 nitrogen and oxygen atoms in total. The van der Waals surface area contributed by atoms with Crippen LogP contribution in [0.1, 0.15) is 114 Å². The lowest BCUT2D eigenvalue weighted by atomic mass is 9.82. The van der Waals surface area contributed by atoms with E-state index in [1.807, 2.05) is 6.20 Å². The van der Waals surface area contributed by atoms with Crippen LogP contribution in [0.2, 0.25) is 0 Å². The van der Waals surface area contributed by atoms with Gasteiger partial charge < -0.3 is 4.74 Å². The van der Waals surface area contributed by atoms with Crippen LogP contribution in [-0.2, 0) is 6.42 Å². The number of nitrogens with zero attached hydrogens (tertiary/aromatic N) is 2. The predicted octanol–water partition coefficient (Wildman–Crippen LogP) is 7.86. The van der Waals surface area contributed by atoms with Crippen molar-refractivity contribution in [3.05, 3.63) is 53.6 Å². The summed E-state index contributed by atoms with van der Waals surface area (Å²) in [6.45, 7) is 7.61. The molecule has 0 amide bonds. The Labute approximate surface area is 190 Å². The molecule has 1 aliphatic rings. The van der Waals surface area contributed by atoms with Crippen molar-refractivity contribution in [2.45, 2.75) is 103 Å². The van der Waals surface area contributed by atoms with Crippen LogP contribution in [0.4, 0.5) is 0 Å². The first-order valence-corrected chi connectivity index (χ1v) is 12.7. The van der Waals surface area contributed by atoms with Gasteiger partial charge in [-0.15, -0.1) is 0 Å². The molecule has 2 aromatic rings. The van der Waals surface area contributed by atoms with Crippen molar-refractivity contribution in [3.63, 3.8) is 0 Å². The molecule has 0 saturated heterocycles. The number of benzene rings is 1. The van der Waals surface area contributed by atoms with E-state index in [0.717, 1.165) is 18.2 Å². The van der Waals surface area contributed by atoms with Crippen molar-refractivity contribution >= 4 is 0 Å². The van der Waals surface area contributed by atoms with Gasteiger partial charge in [-0.25, -0.2) is 9.97 Å². The van der Waals surface area contributed by atoms with Gasteiger partial charge in [0.25, 0.3) is 0 Å². The van der Waals surface area contributed by atoms with Gasteiger partial charge in [-0.2, -0.15) is 0 Å². The average Bonchev–Trinajstić information content (AvgIpc) is 2.82. The summed E-state index contributed by atoms with van der Waals surface area (Å²) in [6.07, 6.45) is 15.6. The van der Waals surface area contributed by atoms with Gasteiger partial charge in [0.05, 0.1) is 6.61 Å². The van der Waals surface area contributed by atoms with Crippen LogP contribution in [0.3, 0.4) is 0 Å². The van der Waals surface area contributed by atoms with E-state index in [0.29, 0.717) is 17.8 Å². The van der Waals surface area contributed by atoms with Gasteiger partial charge in [0.15, 0.2) is 0 Å². The summed E-state index contributed by atoms with van der Waals surface area (Å²) < 4.78 is 6.13. The lowest BCUT2D eigenvalue weighted by Gasteiger charge is -2.28. The van der Waals surface area contributed by atoms with Crippen LogP contribution in [-0.4, -0.2) is 16.6 Å². The van der Waals surface area contributed by atoms with E-state index in [4.69, 9.17) is 9.72 Å². The van der Waals surface area contributed by atoms with Gasteiger partial charge >= 0.3 is 0 Å². The van der Waals surface area contributed by atoms with E-state index in [1.165, 1.54) is 81.9 Å². The molecule has 0 aliphatic heterocycles. The van der Waals surface area contributed by atoms with Gasteiger partial charge in [-0.1, -0.05) is 58.6 Å². The maximum absolute atomic E-state index is 6.13. The Hall–Kier alpha value is -1.90. The molecule has 31 heavy (non-hydrogen) atoms. The molecular weight excluding hydrogens is 380 g/mol. The van der Waals surface area contributed by atoms with E-state index < -0.39 is 0 Å². The van der Waals surface area contributed by atoms with Crippen molar-refractivity contribution in [2.24, 2.45) is 5.92 Å². The number of rotatable bonds is 12. The third kappa shape index (κ3) is 7.63. The molecule has 0 radical (unpaired) electrons. The lowest BCUT2D eigenvalue weighted by molar-refractivity contribution is 0.198. The first-order chi connectivity index (χ1) is 15.2. The molecule has 1 heterocycles. The highest BCUT2D eigenvalue weighted by atomic mass is 16.5. The minimum absolute atomic E-state index is 0.511. The largest absolute Gasteiger partial charge is 0.493 e.